The van der Waals surface area contributed by atoms with Gasteiger partial charge < -0.3 is 5.32 Å². The van der Waals surface area contributed by atoms with Gasteiger partial charge in [-0.2, -0.15) is 13.2 Å². The largest absolute Gasteiger partial charge is 0.418 e. The van der Waals surface area contributed by atoms with Crippen molar-refractivity contribution < 1.29 is 27.6 Å². The molecule has 5 nitrogen and oxygen atoms in total. The molecule has 1 heterocycles. The Morgan fingerprint density at radius 3 is 1.70 bits per heavy atom. The molecule has 8 heteroatoms. The molecule has 4 aliphatic rings. The number of amides is 3. The van der Waals surface area contributed by atoms with E-state index in [0.717, 1.165) is 33.2 Å². The molecule has 8 rings (SSSR count). The summed E-state index contributed by atoms with van der Waals surface area (Å²) in [6, 6.07) is 26.4. The molecule has 1 saturated heterocycles. The number of hydrogen-bond acceptors (Lipinski definition) is 3. The fraction of sp³-hybridized carbons (Fsp3) is 0.156. The van der Waals surface area contributed by atoms with E-state index in [9.17, 15) is 27.6 Å². The van der Waals surface area contributed by atoms with Crippen LogP contribution in [0.3, 0.4) is 0 Å². The van der Waals surface area contributed by atoms with E-state index in [1.165, 1.54) is 36.4 Å². The highest BCUT2D eigenvalue weighted by Crippen LogP contribution is 2.61. The van der Waals surface area contributed by atoms with Gasteiger partial charge in [-0.05, 0) is 52.6 Å². The number of nitrogens with one attached hydrogen (secondary N) is 1. The summed E-state index contributed by atoms with van der Waals surface area (Å²) in [6.07, 6.45) is -4.65. The van der Waals surface area contributed by atoms with Crippen LogP contribution in [0.2, 0.25) is 0 Å². The van der Waals surface area contributed by atoms with E-state index in [0.29, 0.717) is 0 Å². The number of carbonyl (C=O) groups is 3. The molecule has 1 fully saturated rings. The number of para-hydroxylation sites is 1. The maximum Gasteiger partial charge on any atom is 0.418 e. The predicted molar refractivity (Wildman–Crippen MR) is 142 cm³/mol. The maximum absolute atomic E-state index is 14.0. The number of halogens is 3. The summed E-state index contributed by atoms with van der Waals surface area (Å²) < 4.78 is 40.3. The molecule has 0 saturated carbocycles. The Morgan fingerprint density at radius 1 is 0.675 bits per heavy atom. The van der Waals surface area contributed by atoms with E-state index in [4.69, 9.17) is 0 Å². The van der Waals surface area contributed by atoms with Gasteiger partial charge in [-0.25, -0.2) is 4.90 Å². The van der Waals surface area contributed by atoms with E-state index in [1.54, 1.807) is 6.07 Å². The van der Waals surface area contributed by atoms with Gasteiger partial charge in [-0.3, -0.25) is 14.4 Å². The molecule has 2 atom stereocenters. The molecule has 4 aromatic rings. The van der Waals surface area contributed by atoms with Gasteiger partial charge in [-0.1, -0.05) is 66.7 Å². The van der Waals surface area contributed by atoms with Gasteiger partial charge in [0.25, 0.3) is 5.91 Å². The van der Waals surface area contributed by atoms with Gasteiger partial charge in [-0.15, -0.1) is 0 Å². The zero-order valence-electron chi connectivity index (χ0n) is 20.9. The molecule has 3 amide bonds. The number of alkyl halides is 3. The highest BCUT2D eigenvalue weighted by atomic mass is 19.4. The molecule has 0 unspecified atom stereocenters. The third-order valence-corrected chi connectivity index (χ3v) is 8.30. The topological polar surface area (TPSA) is 66.5 Å². The van der Waals surface area contributed by atoms with Crippen molar-refractivity contribution >= 4 is 29.1 Å². The summed E-state index contributed by atoms with van der Waals surface area (Å²) in [5.74, 6) is -3.17. The summed E-state index contributed by atoms with van der Waals surface area (Å²) in [6.45, 7) is 0. The molecule has 2 bridgehead atoms. The zero-order chi connectivity index (χ0) is 27.8. The number of benzene rings is 4. The van der Waals surface area contributed by atoms with Crippen molar-refractivity contribution in [3.63, 3.8) is 0 Å². The third kappa shape index (κ3) is 3.45. The predicted octanol–water partition coefficient (Wildman–Crippen LogP) is 6.35. The first-order valence-electron chi connectivity index (χ1n) is 12.9. The fourth-order valence-electron chi connectivity index (χ4n) is 6.75. The standard InChI is InChI=1S/C32H21F3N2O3/c33-32(34,35)23-14-5-6-15-24(23)36-29(38)17-8-7-9-18(16-17)37-30(39)27-25-19-10-1-2-11-20(19)26(28(27)31(37)40)22-13-4-3-12-21(22)25/h1-16,25-28H,(H,36,38)/t25?,26?,27-,28-/m1/s1. The van der Waals surface area contributed by atoms with Gasteiger partial charge in [0.1, 0.15) is 0 Å². The molecular weight excluding hydrogens is 517 g/mol. The van der Waals surface area contributed by atoms with E-state index in [2.05, 4.69) is 5.32 Å². The summed E-state index contributed by atoms with van der Waals surface area (Å²) in [4.78, 5) is 42.1. The van der Waals surface area contributed by atoms with Gasteiger partial charge >= 0.3 is 6.18 Å². The molecule has 0 spiro atoms. The van der Waals surface area contributed by atoms with Crippen molar-refractivity contribution in [2.45, 2.75) is 18.0 Å². The molecule has 0 aromatic heterocycles. The Morgan fingerprint density at radius 2 is 1.18 bits per heavy atom. The zero-order valence-corrected chi connectivity index (χ0v) is 20.9. The van der Waals surface area contributed by atoms with Crippen molar-refractivity contribution in [2.75, 3.05) is 10.2 Å². The lowest BCUT2D eigenvalue weighted by atomic mass is 9.55. The second-order valence-electron chi connectivity index (χ2n) is 10.3. The van der Waals surface area contributed by atoms with Crippen molar-refractivity contribution in [3.8, 4) is 0 Å². The first-order chi connectivity index (χ1) is 19.3. The van der Waals surface area contributed by atoms with Crippen molar-refractivity contribution in [1.82, 2.24) is 0 Å². The normalized spacial score (nSPS) is 22.5. The number of hydrogen-bond donors (Lipinski definition) is 1. The molecular formula is C32H21F3N2O3. The minimum atomic E-state index is -4.65. The average Bonchev–Trinajstić information content (AvgIpc) is 3.23. The van der Waals surface area contributed by atoms with Crippen LogP contribution in [-0.2, 0) is 15.8 Å². The minimum Gasteiger partial charge on any atom is -0.321 e. The summed E-state index contributed by atoms with van der Waals surface area (Å²) in [5.41, 5.74) is 3.09. The van der Waals surface area contributed by atoms with Crippen LogP contribution in [0.15, 0.2) is 97.1 Å². The number of anilines is 2. The van der Waals surface area contributed by atoms with Gasteiger partial charge in [0.2, 0.25) is 11.8 Å². The van der Waals surface area contributed by atoms with E-state index >= 15 is 0 Å². The lowest BCUT2D eigenvalue weighted by Crippen LogP contribution is -2.41. The van der Waals surface area contributed by atoms with Crippen LogP contribution in [0.1, 0.15) is 50.0 Å². The SMILES string of the molecule is O=C(Nc1ccccc1C(F)(F)F)c1cccc(N2C(=O)[C@@H]3C4c5ccccc5C(c5ccccc54)[C@H]3C2=O)c1. The van der Waals surface area contributed by atoms with Crippen LogP contribution in [0.4, 0.5) is 24.5 Å². The monoisotopic (exact) mass is 538 g/mol. The number of nitrogens with zero attached hydrogens (tertiary/aromatic N) is 1. The highest BCUT2D eigenvalue weighted by molar-refractivity contribution is 6.23. The maximum atomic E-state index is 14.0. The molecule has 1 aliphatic heterocycles. The molecule has 198 valence electrons. The van der Waals surface area contributed by atoms with Gasteiger partial charge in [0.05, 0.1) is 28.8 Å². The summed E-state index contributed by atoms with van der Waals surface area (Å²) >= 11 is 0. The van der Waals surface area contributed by atoms with Crippen molar-refractivity contribution in [3.05, 3.63) is 130 Å². The Bertz CT molecular complexity index is 1620. The lowest BCUT2D eigenvalue weighted by Gasteiger charge is -2.45. The summed E-state index contributed by atoms with van der Waals surface area (Å²) in [7, 11) is 0. The second kappa shape index (κ2) is 8.64. The molecule has 40 heavy (non-hydrogen) atoms. The number of carbonyl (C=O) groups excluding carboxylic acids is 3. The Kier molecular flexibility index (Phi) is 5.26. The van der Waals surface area contributed by atoms with Crippen LogP contribution in [-0.4, -0.2) is 17.7 Å². The minimum absolute atomic E-state index is 0.0273. The number of rotatable bonds is 3. The van der Waals surface area contributed by atoms with E-state index < -0.39 is 29.5 Å². The first-order valence-corrected chi connectivity index (χ1v) is 12.9. The molecule has 0 radical (unpaired) electrons. The highest BCUT2D eigenvalue weighted by Gasteiger charge is 2.61. The van der Waals surface area contributed by atoms with Crippen LogP contribution in [0, 0.1) is 11.8 Å². The first kappa shape index (κ1) is 24.3. The smallest absolute Gasteiger partial charge is 0.321 e. The average molecular weight is 539 g/mol. The van der Waals surface area contributed by atoms with Crippen molar-refractivity contribution in [2.24, 2.45) is 11.8 Å². The van der Waals surface area contributed by atoms with Gasteiger partial charge in [0, 0.05) is 17.4 Å². The van der Waals surface area contributed by atoms with Gasteiger partial charge in [0.15, 0.2) is 0 Å². The Balaban J connectivity index is 1.24. The summed E-state index contributed by atoms with van der Waals surface area (Å²) in [5, 5.41) is 2.32. The Hall–Kier alpha value is -4.72. The van der Waals surface area contributed by atoms with Crippen LogP contribution < -0.4 is 10.2 Å². The quantitative estimate of drug-likeness (QED) is 0.309. The van der Waals surface area contributed by atoms with E-state index in [1.807, 2.05) is 48.5 Å². The second-order valence-corrected chi connectivity index (χ2v) is 10.3. The Labute approximate surface area is 227 Å². The third-order valence-electron chi connectivity index (χ3n) is 8.30. The fourth-order valence-corrected chi connectivity index (χ4v) is 6.75. The van der Waals surface area contributed by atoms with Crippen LogP contribution in [0.25, 0.3) is 0 Å². The lowest BCUT2D eigenvalue weighted by molar-refractivity contribution is -0.137. The number of imide groups is 1. The van der Waals surface area contributed by atoms with Crippen LogP contribution in [0.5, 0.6) is 0 Å². The van der Waals surface area contributed by atoms with E-state index in [-0.39, 0.29) is 40.6 Å². The van der Waals surface area contributed by atoms with Crippen molar-refractivity contribution in [1.29, 1.82) is 0 Å². The van der Waals surface area contributed by atoms with Crippen LogP contribution >= 0.6 is 0 Å². The molecule has 3 aliphatic carbocycles. The molecule has 4 aromatic carbocycles. The molecule has 1 N–H and O–H groups in total.